The van der Waals surface area contributed by atoms with Crippen LogP contribution in [0.5, 0.6) is 5.75 Å². The molecule has 2 aliphatic rings. The van der Waals surface area contributed by atoms with Crippen LogP contribution in [0.25, 0.3) is 0 Å². The summed E-state index contributed by atoms with van der Waals surface area (Å²) in [5.74, 6) is 0.579. The first-order chi connectivity index (χ1) is 17.4. The predicted molar refractivity (Wildman–Crippen MR) is 146 cm³/mol. The molecule has 2 fully saturated rings. The molecule has 0 bridgehead atoms. The molecule has 37 heavy (non-hydrogen) atoms. The van der Waals surface area contributed by atoms with E-state index in [0.717, 1.165) is 32.4 Å². The second kappa shape index (κ2) is 12.9. The van der Waals surface area contributed by atoms with Crippen LogP contribution in [0.4, 0.5) is 0 Å². The number of hydrogen-bond donors (Lipinski definition) is 0. The highest BCUT2D eigenvalue weighted by Gasteiger charge is 2.34. The Bertz CT molecular complexity index is 1010. The van der Waals surface area contributed by atoms with Crippen molar-refractivity contribution in [2.75, 3.05) is 68.1 Å². The van der Waals surface area contributed by atoms with E-state index >= 15 is 0 Å². The number of carbonyl (C=O) groups is 1. The van der Waals surface area contributed by atoms with Crippen molar-refractivity contribution in [3.8, 4) is 5.75 Å². The van der Waals surface area contributed by atoms with E-state index in [9.17, 15) is 13.2 Å². The molecule has 1 aliphatic heterocycles. The fraction of sp³-hybridized carbons (Fsp3) is 0.741. The molecule has 210 valence electrons. The second-order valence-electron chi connectivity index (χ2n) is 10.8. The van der Waals surface area contributed by atoms with Gasteiger partial charge in [0, 0.05) is 51.9 Å². The van der Waals surface area contributed by atoms with Gasteiger partial charge in [0.2, 0.25) is 15.9 Å². The Balaban J connectivity index is 1.46. The quantitative estimate of drug-likeness (QED) is 0.400. The van der Waals surface area contributed by atoms with Gasteiger partial charge in [-0.05, 0) is 83.3 Å². The molecule has 9 nitrogen and oxygen atoms in total. The standard InChI is InChI=1S/C27H46N4O5S/c1-20-15-25(35-7)16-21(2)27(20)37(33,34)29(5)13-14-36-19-26(32)30(6)22-9-8-10-23(17-22)31-12-11-24(18-31)28(3)4/h15-16,22-24H,8-14,17-19H2,1-7H3/t22?,23-,24+/m1/s1. The van der Waals surface area contributed by atoms with Gasteiger partial charge in [0.25, 0.3) is 0 Å². The van der Waals surface area contributed by atoms with Crippen LogP contribution < -0.4 is 4.74 Å². The lowest BCUT2D eigenvalue weighted by atomic mass is 9.89. The van der Waals surface area contributed by atoms with Crippen LogP contribution in [0.15, 0.2) is 17.0 Å². The molecule has 0 aromatic heterocycles. The number of rotatable bonds is 11. The largest absolute Gasteiger partial charge is 0.497 e. The fourth-order valence-electron chi connectivity index (χ4n) is 5.71. The van der Waals surface area contributed by atoms with Crippen molar-refractivity contribution in [2.45, 2.75) is 69.0 Å². The highest BCUT2D eigenvalue weighted by molar-refractivity contribution is 7.89. The molecule has 1 unspecified atom stereocenters. The van der Waals surface area contributed by atoms with Crippen LogP contribution in [0.2, 0.25) is 0 Å². The molecule has 10 heteroatoms. The van der Waals surface area contributed by atoms with Gasteiger partial charge >= 0.3 is 0 Å². The maximum absolute atomic E-state index is 13.2. The fourth-order valence-corrected chi connectivity index (χ4v) is 7.27. The minimum absolute atomic E-state index is 0.0431. The van der Waals surface area contributed by atoms with Crippen LogP contribution in [0, 0.1) is 13.8 Å². The normalized spacial score (nSPS) is 23.1. The third-order valence-corrected chi connectivity index (χ3v) is 10.3. The van der Waals surface area contributed by atoms with Crippen molar-refractivity contribution >= 4 is 15.9 Å². The number of benzene rings is 1. The first kappa shape index (κ1) is 29.8. The zero-order valence-electron chi connectivity index (χ0n) is 23.7. The second-order valence-corrected chi connectivity index (χ2v) is 12.8. The van der Waals surface area contributed by atoms with Gasteiger partial charge in [0.15, 0.2) is 0 Å². The maximum Gasteiger partial charge on any atom is 0.248 e. The van der Waals surface area contributed by atoms with Crippen LogP contribution in [0.3, 0.4) is 0 Å². The van der Waals surface area contributed by atoms with E-state index in [4.69, 9.17) is 9.47 Å². The number of ether oxygens (including phenoxy) is 2. The first-order valence-corrected chi connectivity index (χ1v) is 14.7. The summed E-state index contributed by atoms with van der Waals surface area (Å²) in [7, 11) is 5.59. The summed E-state index contributed by atoms with van der Waals surface area (Å²) in [5, 5.41) is 0. The molecule has 0 spiro atoms. The number of amides is 1. The van der Waals surface area contributed by atoms with E-state index in [1.807, 2.05) is 11.9 Å². The zero-order chi connectivity index (χ0) is 27.3. The molecule has 1 heterocycles. The molecule has 1 aromatic carbocycles. The summed E-state index contributed by atoms with van der Waals surface area (Å²) in [6.45, 7) is 6.04. The van der Waals surface area contributed by atoms with Crippen LogP contribution in [0.1, 0.15) is 43.2 Å². The minimum atomic E-state index is -3.69. The van der Waals surface area contributed by atoms with E-state index in [0.29, 0.717) is 29.0 Å². The van der Waals surface area contributed by atoms with Crippen molar-refractivity contribution < 1.29 is 22.7 Å². The number of hydrogen-bond acceptors (Lipinski definition) is 7. The number of carbonyl (C=O) groups excluding carboxylic acids is 1. The Morgan fingerprint density at radius 1 is 1.05 bits per heavy atom. The molecule has 3 rings (SSSR count). The van der Waals surface area contributed by atoms with Crippen LogP contribution in [-0.2, 0) is 19.6 Å². The molecule has 3 atom stereocenters. The summed E-state index contributed by atoms with van der Waals surface area (Å²) in [6.07, 6.45) is 5.56. The Labute approximate surface area is 223 Å². The van der Waals surface area contributed by atoms with Crippen molar-refractivity contribution in [2.24, 2.45) is 0 Å². The number of methoxy groups -OCH3 is 1. The summed E-state index contributed by atoms with van der Waals surface area (Å²) >= 11 is 0. The maximum atomic E-state index is 13.2. The van der Waals surface area contributed by atoms with Gasteiger partial charge in [-0.2, -0.15) is 4.31 Å². The van der Waals surface area contributed by atoms with E-state index in [-0.39, 0.29) is 36.6 Å². The highest BCUT2D eigenvalue weighted by Crippen LogP contribution is 2.30. The lowest BCUT2D eigenvalue weighted by molar-refractivity contribution is -0.137. The van der Waals surface area contributed by atoms with Gasteiger partial charge in [0.05, 0.1) is 18.6 Å². The Morgan fingerprint density at radius 2 is 1.73 bits per heavy atom. The third kappa shape index (κ3) is 7.23. The number of likely N-dealkylation sites (N-methyl/N-ethyl adjacent to an activating group) is 3. The molecule has 0 N–H and O–H groups in total. The average Bonchev–Trinajstić information content (AvgIpc) is 3.36. The molecular formula is C27H46N4O5S. The van der Waals surface area contributed by atoms with Gasteiger partial charge in [-0.15, -0.1) is 0 Å². The summed E-state index contributed by atoms with van der Waals surface area (Å²) in [6, 6.07) is 4.81. The number of aryl methyl sites for hydroxylation is 2. The Kier molecular flexibility index (Phi) is 10.4. The molecule has 1 aromatic rings. The smallest absolute Gasteiger partial charge is 0.248 e. The summed E-state index contributed by atoms with van der Waals surface area (Å²) in [5.41, 5.74) is 1.27. The van der Waals surface area contributed by atoms with Crippen LogP contribution >= 0.6 is 0 Å². The molecule has 1 amide bonds. The van der Waals surface area contributed by atoms with Crippen LogP contribution in [-0.4, -0.2) is 120 Å². The van der Waals surface area contributed by atoms with Gasteiger partial charge in [-0.3, -0.25) is 9.69 Å². The van der Waals surface area contributed by atoms with Gasteiger partial charge in [-0.25, -0.2) is 8.42 Å². The van der Waals surface area contributed by atoms with E-state index < -0.39 is 10.0 Å². The lowest BCUT2D eigenvalue weighted by Crippen LogP contribution is -2.47. The SMILES string of the molecule is COc1cc(C)c(S(=O)(=O)N(C)CCOCC(=O)N(C)C2CCC[C@@H](N3CC[C@H](N(C)C)C3)C2)c(C)c1. The van der Waals surface area contributed by atoms with E-state index in [2.05, 4.69) is 23.9 Å². The molecule has 1 saturated heterocycles. The molecule has 1 aliphatic carbocycles. The first-order valence-electron chi connectivity index (χ1n) is 13.3. The number of sulfonamides is 1. The summed E-state index contributed by atoms with van der Waals surface area (Å²) in [4.78, 5) is 19.9. The third-order valence-electron chi connectivity index (χ3n) is 8.12. The number of likely N-dealkylation sites (tertiary alicyclic amines) is 1. The molecule has 0 radical (unpaired) electrons. The lowest BCUT2D eigenvalue weighted by Gasteiger charge is -2.39. The summed E-state index contributed by atoms with van der Waals surface area (Å²) < 4.78 is 38.5. The van der Waals surface area contributed by atoms with Crippen molar-refractivity contribution in [3.63, 3.8) is 0 Å². The molecule has 1 saturated carbocycles. The average molecular weight is 539 g/mol. The minimum Gasteiger partial charge on any atom is -0.497 e. The van der Waals surface area contributed by atoms with Gasteiger partial charge in [0.1, 0.15) is 12.4 Å². The van der Waals surface area contributed by atoms with E-state index in [1.54, 1.807) is 33.1 Å². The van der Waals surface area contributed by atoms with E-state index in [1.165, 1.54) is 24.2 Å². The van der Waals surface area contributed by atoms with Gasteiger partial charge in [-0.1, -0.05) is 0 Å². The van der Waals surface area contributed by atoms with Crippen molar-refractivity contribution in [3.05, 3.63) is 23.3 Å². The predicted octanol–water partition coefficient (Wildman–Crippen LogP) is 2.35. The topological polar surface area (TPSA) is 82.6 Å². The monoisotopic (exact) mass is 538 g/mol. The Hall–Kier alpha value is -1.72. The van der Waals surface area contributed by atoms with Crippen molar-refractivity contribution in [1.82, 2.24) is 19.0 Å². The van der Waals surface area contributed by atoms with Crippen molar-refractivity contribution in [1.29, 1.82) is 0 Å². The van der Waals surface area contributed by atoms with Gasteiger partial charge < -0.3 is 19.3 Å². The zero-order valence-corrected chi connectivity index (χ0v) is 24.5. The highest BCUT2D eigenvalue weighted by atomic mass is 32.2. The number of nitrogens with zero attached hydrogens (tertiary/aromatic N) is 4. The molecular weight excluding hydrogens is 492 g/mol. The Morgan fingerprint density at radius 3 is 2.32 bits per heavy atom.